The molecule has 112 valence electrons. The Labute approximate surface area is 136 Å². The number of aromatic nitrogens is 2. The highest BCUT2D eigenvalue weighted by Gasteiger charge is 2.11. The van der Waals surface area contributed by atoms with Gasteiger partial charge in [-0.15, -0.1) is 5.10 Å². The summed E-state index contributed by atoms with van der Waals surface area (Å²) in [5.74, 6) is 0.365. The molecular weight excluding hydrogens is 322 g/mol. The molecular formula is C15H12ClN3O2S. The first kappa shape index (κ1) is 14.6. The third kappa shape index (κ3) is 3.13. The molecule has 0 fully saturated rings. The highest BCUT2D eigenvalue weighted by molar-refractivity contribution is 7.71. The molecule has 0 amide bonds. The first-order valence-electron chi connectivity index (χ1n) is 6.49. The van der Waals surface area contributed by atoms with Crippen molar-refractivity contribution in [2.45, 2.75) is 6.67 Å². The molecule has 0 aliphatic carbocycles. The van der Waals surface area contributed by atoms with Crippen LogP contribution in [0.25, 0.3) is 11.5 Å². The molecule has 0 saturated heterocycles. The van der Waals surface area contributed by atoms with E-state index in [2.05, 4.69) is 10.4 Å². The number of nitrogens with zero attached hydrogens (tertiary/aromatic N) is 2. The molecule has 0 unspecified atom stereocenters. The molecule has 0 bridgehead atoms. The van der Waals surface area contributed by atoms with Gasteiger partial charge in [-0.05, 0) is 42.5 Å². The van der Waals surface area contributed by atoms with Gasteiger partial charge in [-0.3, -0.25) is 0 Å². The summed E-state index contributed by atoms with van der Waals surface area (Å²) in [5, 5.41) is 17.9. The maximum atomic E-state index is 9.83. The second-order valence-corrected chi connectivity index (χ2v) is 5.32. The normalized spacial score (nSPS) is 10.6. The number of hydrogen-bond donors (Lipinski definition) is 2. The monoisotopic (exact) mass is 333 g/mol. The molecule has 22 heavy (non-hydrogen) atoms. The van der Waals surface area contributed by atoms with Gasteiger partial charge in [-0.1, -0.05) is 29.8 Å². The van der Waals surface area contributed by atoms with Gasteiger partial charge < -0.3 is 14.8 Å². The van der Waals surface area contributed by atoms with Crippen molar-refractivity contribution in [3.05, 3.63) is 58.4 Å². The molecule has 0 spiro atoms. The number of hydrogen-bond acceptors (Lipinski definition) is 5. The average Bonchev–Trinajstić information content (AvgIpc) is 2.87. The fourth-order valence-corrected chi connectivity index (χ4v) is 2.31. The van der Waals surface area contributed by atoms with E-state index in [1.165, 1.54) is 4.68 Å². The maximum Gasteiger partial charge on any atom is 0.289 e. The number of halogens is 1. The minimum Gasteiger partial charge on any atom is -0.507 e. The van der Waals surface area contributed by atoms with Gasteiger partial charge in [0.25, 0.3) is 10.7 Å². The van der Waals surface area contributed by atoms with Gasteiger partial charge in [-0.2, -0.15) is 0 Å². The Bertz CT molecular complexity index is 860. The molecule has 0 aliphatic heterocycles. The van der Waals surface area contributed by atoms with Crippen LogP contribution < -0.4 is 5.32 Å². The summed E-state index contributed by atoms with van der Waals surface area (Å²) in [4.78, 5) is 0.216. The van der Waals surface area contributed by atoms with E-state index in [1.54, 1.807) is 36.4 Å². The summed E-state index contributed by atoms with van der Waals surface area (Å²) >= 11 is 11.1. The minimum atomic E-state index is 0.0914. The molecule has 0 radical (unpaired) electrons. The van der Waals surface area contributed by atoms with Gasteiger partial charge in [-0.25, -0.2) is 4.68 Å². The SMILES string of the molecule is Oc1ccccc1-c1nn(CNc2cccc(Cl)c2)c(=S)o1. The first-order valence-corrected chi connectivity index (χ1v) is 7.28. The van der Waals surface area contributed by atoms with Gasteiger partial charge in [0.1, 0.15) is 12.4 Å². The number of nitrogens with one attached hydrogen (secondary N) is 1. The van der Waals surface area contributed by atoms with E-state index < -0.39 is 0 Å². The van der Waals surface area contributed by atoms with Crippen LogP contribution >= 0.6 is 23.8 Å². The van der Waals surface area contributed by atoms with Gasteiger partial charge in [0, 0.05) is 10.7 Å². The molecule has 1 heterocycles. The van der Waals surface area contributed by atoms with Gasteiger partial charge >= 0.3 is 0 Å². The summed E-state index contributed by atoms with van der Waals surface area (Å²) in [6.07, 6.45) is 0. The lowest BCUT2D eigenvalue weighted by Crippen LogP contribution is -2.09. The lowest BCUT2D eigenvalue weighted by molar-refractivity contribution is 0.471. The molecule has 2 aromatic carbocycles. The second kappa shape index (κ2) is 6.21. The average molecular weight is 334 g/mol. The predicted octanol–water partition coefficient (Wildman–Crippen LogP) is 4.30. The Morgan fingerprint density at radius 1 is 1.23 bits per heavy atom. The lowest BCUT2D eigenvalue weighted by Gasteiger charge is -2.05. The van der Waals surface area contributed by atoms with Crippen molar-refractivity contribution in [2.75, 3.05) is 5.32 Å². The van der Waals surface area contributed by atoms with Crippen molar-refractivity contribution in [3.8, 4) is 17.2 Å². The van der Waals surface area contributed by atoms with Crippen LogP contribution in [0.4, 0.5) is 5.69 Å². The number of anilines is 1. The fourth-order valence-electron chi connectivity index (χ4n) is 1.93. The van der Waals surface area contributed by atoms with Crippen molar-refractivity contribution in [1.82, 2.24) is 9.78 Å². The van der Waals surface area contributed by atoms with Crippen molar-refractivity contribution in [2.24, 2.45) is 0 Å². The Morgan fingerprint density at radius 3 is 2.82 bits per heavy atom. The van der Waals surface area contributed by atoms with Crippen LogP contribution in [0.15, 0.2) is 52.9 Å². The first-order chi connectivity index (χ1) is 10.6. The van der Waals surface area contributed by atoms with Crippen LogP contribution in [0.1, 0.15) is 0 Å². The number of phenols is 1. The largest absolute Gasteiger partial charge is 0.507 e. The van der Waals surface area contributed by atoms with E-state index in [4.69, 9.17) is 28.2 Å². The molecule has 0 atom stereocenters. The molecule has 1 aromatic heterocycles. The Kier molecular flexibility index (Phi) is 4.13. The third-order valence-corrected chi connectivity index (χ3v) is 3.53. The minimum absolute atomic E-state index is 0.0914. The molecule has 3 aromatic rings. The summed E-state index contributed by atoms with van der Waals surface area (Å²) in [6.45, 7) is 0.330. The van der Waals surface area contributed by atoms with Crippen LogP contribution in [0.3, 0.4) is 0 Å². The van der Waals surface area contributed by atoms with Crippen molar-refractivity contribution < 1.29 is 9.52 Å². The lowest BCUT2D eigenvalue weighted by atomic mass is 10.2. The Morgan fingerprint density at radius 2 is 2.05 bits per heavy atom. The quantitative estimate of drug-likeness (QED) is 0.697. The van der Waals surface area contributed by atoms with E-state index in [-0.39, 0.29) is 16.5 Å². The van der Waals surface area contributed by atoms with Gasteiger partial charge in [0.05, 0.1) is 5.56 Å². The zero-order valence-corrected chi connectivity index (χ0v) is 12.9. The highest BCUT2D eigenvalue weighted by atomic mass is 35.5. The van der Waals surface area contributed by atoms with Crippen LogP contribution in [-0.4, -0.2) is 14.9 Å². The highest BCUT2D eigenvalue weighted by Crippen LogP contribution is 2.27. The molecule has 3 rings (SSSR count). The summed E-state index contributed by atoms with van der Waals surface area (Å²) < 4.78 is 6.93. The van der Waals surface area contributed by atoms with Crippen LogP contribution in [0.5, 0.6) is 5.75 Å². The Hall–Kier alpha value is -2.31. The predicted molar refractivity (Wildman–Crippen MR) is 87.5 cm³/mol. The molecule has 2 N–H and O–H groups in total. The molecule has 7 heteroatoms. The van der Waals surface area contributed by atoms with E-state index in [1.807, 2.05) is 12.1 Å². The summed E-state index contributed by atoms with van der Waals surface area (Å²) in [5.41, 5.74) is 1.34. The van der Waals surface area contributed by atoms with Gasteiger partial charge in [0.15, 0.2) is 0 Å². The topological polar surface area (TPSA) is 63.2 Å². The fraction of sp³-hybridized carbons (Fsp3) is 0.0667. The van der Waals surface area contributed by atoms with E-state index >= 15 is 0 Å². The number of rotatable bonds is 4. The maximum absolute atomic E-state index is 9.83. The number of aromatic hydroxyl groups is 1. The zero-order chi connectivity index (χ0) is 15.5. The van der Waals surface area contributed by atoms with Crippen LogP contribution in [-0.2, 0) is 6.67 Å². The van der Waals surface area contributed by atoms with E-state index in [0.29, 0.717) is 17.3 Å². The standard InChI is InChI=1S/C15H12ClN3O2S/c16-10-4-3-5-11(8-10)17-9-19-15(22)21-14(18-19)12-6-1-2-7-13(12)20/h1-8,17,20H,9H2. The number of benzene rings is 2. The number of para-hydroxylation sites is 1. The van der Waals surface area contributed by atoms with Crippen LogP contribution in [0.2, 0.25) is 5.02 Å². The molecule has 5 nitrogen and oxygen atoms in total. The van der Waals surface area contributed by atoms with Crippen molar-refractivity contribution >= 4 is 29.5 Å². The molecule has 0 aliphatic rings. The Balaban J connectivity index is 1.81. The van der Waals surface area contributed by atoms with Crippen LogP contribution in [0, 0.1) is 4.84 Å². The number of phenolic OH excluding ortho intramolecular Hbond substituents is 1. The molecule has 0 saturated carbocycles. The van der Waals surface area contributed by atoms with Gasteiger partial charge in [0.2, 0.25) is 0 Å². The van der Waals surface area contributed by atoms with Crippen molar-refractivity contribution in [1.29, 1.82) is 0 Å². The summed E-state index contributed by atoms with van der Waals surface area (Å²) in [6, 6.07) is 14.1. The summed E-state index contributed by atoms with van der Waals surface area (Å²) in [7, 11) is 0. The second-order valence-electron chi connectivity index (χ2n) is 4.54. The smallest absolute Gasteiger partial charge is 0.289 e. The van der Waals surface area contributed by atoms with E-state index in [9.17, 15) is 5.11 Å². The zero-order valence-electron chi connectivity index (χ0n) is 11.4. The van der Waals surface area contributed by atoms with E-state index in [0.717, 1.165) is 5.69 Å². The van der Waals surface area contributed by atoms with Crippen molar-refractivity contribution in [3.63, 3.8) is 0 Å². The third-order valence-electron chi connectivity index (χ3n) is 3.00.